The maximum absolute atomic E-state index is 12.3. The molecule has 0 bridgehead atoms. The Labute approximate surface area is 134 Å². The van der Waals surface area contributed by atoms with Gasteiger partial charge in [0.25, 0.3) is 5.91 Å². The molecule has 0 fully saturated rings. The Hall–Kier alpha value is -1.13. The summed E-state index contributed by atoms with van der Waals surface area (Å²) < 4.78 is 1.79. The van der Waals surface area contributed by atoms with Crippen molar-refractivity contribution in [3.8, 4) is 0 Å². The number of amides is 1. The Bertz CT molecular complexity index is 624. The van der Waals surface area contributed by atoms with Crippen LogP contribution in [-0.4, -0.2) is 11.9 Å². The van der Waals surface area contributed by atoms with E-state index >= 15 is 0 Å². The van der Waals surface area contributed by atoms with Gasteiger partial charge in [-0.05, 0) is 42.2 Å². The van der Waals surface area contributed by atoms with E-state index in [4.69, 9.17) is 0 Å². The van der Waals surface area contributed by atoms with Gasteiger partial charge in [0, 0.05) is 20.6 Å². The molecule has 0 atom stereocenters. The SMILES string of the molecule is O=C(NC1Cc2ccccc2C1)c1cc(Br)cc(Br)c1. The summed E-state index contributed by atoms with van der Waals surface area (Å²) in [4.78, 5) is 12.3. The zero-order valence-electron chi connectivity index (χ0n) is 10.7. The predicted molar refractivity (Wildman–Crippen MR) is 86.9 cm³/mol. The van der Waals surface area contributed by atoms with E-state index in [9.17, 15) is 4.79 Å². The number of carbonyl (C=O) groups excluding carboxylic acids is 1. The van der Waals surface area contributed by atoms with E-state index in [1.165, 1.54) is 11.1 Å². The van der Waals surface area contributed by atoms with Gasteiger partial charge in [-0.15, -0.1) is 0 Å². The van der Waals surface area contributed by atoms with Gasteiger partial charge < -0.3 is 5.32 Å². The van der Waals surface area contributed by atoms with Crippen LogP contribution in [0.2, 0.25) is 0 Å². The first-order valence-electron chi connectivity index (χ1n) is 6.45. The molecule has 0 saturated heterocycles. The number of rotatable bonds is 2. The van der Waals surface area contributed by atoms with E-state index in [0.717, 1.165) is 21.8 Å². The van der Waals surface area contributed by atoms with Crippen LogP contribution in [0.4, 0.5) is 0 Å². The van der Waals surface area contributed by atoms with Crippen molar-refractivity contribution in [1.29, 1.82) is 0 Å². The fourth-order valence-corrected chi connectivity index (χ4v) is 3.91. The van der Waals surface area contributed by atoms with Gasteiger partial charge in [-0.1, -0.05) is 56.1 Å². The monoisotopic (exact) mass is 393 g/mol. The molecule has 0 spiro atoms. The van der Waals surface area contributed by atoms with E-state index in [1.54, 1.807) is 0 Å². The van der Waals surface area contributed by atoms with E-state index in [-0.39, 0.29) is 11.9 Å². The first kappa shape index (κ1) is 13.8. The molecular weight excluding hydrogens is 382 g/mol. The number of hydrogen-bond donors (Lipinski definition) is 1. The van der Waals surface area contributed by atoms with Crippen LogP contribution < -0.4 is 5.32 Å². The van der Waals surface area contributed by atoms with Gasteiger partial charge in [0.15, 0.2) is 0 Å². The van der Waals surface area contributed by atoms with Gasteiger partial charge in [-0.25, -0.2) is 0 Å². The molecule has 1 aliphatic rings. The zero-order valence-corrected chi connectivity index (χ0v) is 13.9. The normalized spacial score (nSPS) is 14.1. The topological polar surface area (TPSA) is 29.1 Å². The molecule has 4 heteroatoms. The second kappa shape index (κ2) is 5.70. The van der Waals surface area contributed by atoms with Crippen LogP contribution in [0.15, 0.2) is 51.4 Å². The highest BCUT2D eigenvalue weighted by atomic mass is 79.9. The Balaban J connectivity index is 1.72. The lowest BCUT2D eigenvalue weighted by atomic mass is 10.1. The minimum absolute atomic E-state index is 0.0233. The first-order chi connectivity index (χ1) is 9.61. The van der Waals surface area contributed by atoms with Gasteiger partial charge in [0.1, 0.15) is 0 Å². The Morgan fingerprint density at radius 2 is 1.55 bits per heavy atom. The molecule has 1 aliphatic carbocycles. The summed E-state index contributed by atoms with van der Waals surface area (Å²) >= 11 is 6.81. The summed E-state index contributed by atoms with van der Waals surface area (Å²) in [6, 6.07) is 14.2. The van der Waals surface area contributed by atoms with Gasteiger partial charge in [0.2, 0.25) is 0 Å². The molecule has 102 valence electrons. The second-order valence-electron chi connectivity index (χ2n) is 5.01. The molecule has 0 radical (unpaired) electrons. The maximum atomic E-state index is 12.3. The fraction of sp³-hybridized carbons (Fsp3) is 0.188. The van der Waals surface area contributed by atoms with Crippen molar-refractivity contribution in [2.45, 2.75) is 18.9 Å². The molecule has 20 heavy (non-hydrogen) atoms. The van der Waals surface area contributed by atoms with Crippen molar-refractivity contribution in [2.24, 2.45) is 0 Å². The minimum Gasteiger partial charge on any atom is -0.349 e. The highest BCUT2D eigenvalue weighted by Crippen LogP contribution is 2.23. The first-order valence-corrected chi connectivity index (χ1v) is 8.04. The largest absolute Gasteiger partial charge is 0.349 e. The van der Waals surface area contributed by atoms with E-state index < -0.39 is 0 Å². The van der Waals surface area contributed by atoms with Gasteiger partial charge >= 0.3 is 0 Å². The molecular formula is C16H13Br2NO. The third-order valence-corrected chi connectivity index (χ3v) is 4.43. The summed E-state index contributed by atoms with van der Waals surface area (Å²) in [6.07, 6.45) is 1.83. The van der Waals surface area contributed by atoms with Gasteiger partial charge in [-0.3, -0.25) is 4.79 Å². The number of benzene rings is 2. The lowest BCUT2D eigenvalue weighted by Gasteiger charge is -2.12. The standard InChI is InChI=1S/C16H13Br2NO/c17-13-5-12(6-14(18)9-13)16(20)19-15-7-10-3-1-2-4-11(10)8-15/h1-6,9,15H,7-8H2,(H,19,20). The molecule has 0 heterocycles. The minimum atomic E-state index is -0.0233. The van der Waals surface area contributed by atoms with Crippen LogP contribution in [0.5, 0.6) is 0 Å². The van der Waals surface area contributed by atoms with Crippen molar-refractivity contribution in [3.05, 3.63) is 68.1 Å². The molecule has 1 N–H and O–H groups in total. The average Bonchev–Trinajstić information content (AvgIpc) is 2.79. The van der Waals surface area contributed by atoms with Crippen LogP contribution in [0.3, 0.4) is 0 Å². The lowest BCUT2D eigenvalue weighted by molar-refractivity contribution is 0.0938. The van der Waals surface area contributed by atoms with Crippen molar-refractivity contribution < 1.29 is 4.79 Å². The molecule has 0 aliphatic heterocycles. The molecule has 2 aromatic rings. The molecule has 1 amide bonds. The predicted octanol–water partition coefficient (Wildman–Crippen LogP) is 4.11. The zero-order chi connectivity index (χ0) is 14.1. The molecule has 0 saturated carbocycles. The molecule has 2 nitrogen and oxygen atoms in total. The Morgan fingerprint density at radius 1 is 1.00 bits per heavy atom. The van der Waals surface area contributed by atoms with Crippen LogP contribution in [0.1, 0.15) is 21.5 Å². The number of carbonyl (C=O) groups is 1. The van der Waals surface area contributed by atoms with Gasteiger partial charge in [0.05, 0.1) is 0 Å². The second-order valence-corrected chi connectivity index (χ2v) is 6.84. The lowest BCUT2D eigenvalue weighted by Crippen LogP contribution is -2.35. The Morgan fingerprint density at radius 3 is 2.10 bits per heavy atom. The van der Waals surface area contributed by atoms with E-state index in [1.807, 2.05) is 18.2 Å². The number of nitrogens with one attached hydrogen (secondary N) is 1. The summed E-state index contributed by atoms with van der Waals surface area (Å²) in [7, 11) is 0. The molecule has 2 aromatic carbocycles. The maximum Gasteiger partial charge on any atom is 0.251 e. The smallest absolute Gasteiger partial charge is 0.251 e. The fourth-order valence-electron chi connectivity index (χ4n) is 2.61. The van der Waals surface area contributed by atoms with E-state index in [0.29, 0.717) is 5.56 Å². The van der Waals surface area contributed by atoms with Crippen LogP contribution in [0, 0.1) is 0 Å². The van der Waals surface area contributed by atoms with Crippen molar-refractivity contribution in [1.82, 2.24) is 5.32 Å². The molecule has 0 aromatic heterocycles. The van der Waals surface area contributed by atoms with E-state index in [2.05, 4.69) is 61.4 Å². The quantitative estimate of drug-likeness (QED) is 0.815. The summed E-state index contributed by atoms with van der Waals surface area (Å²) in [6.45, 7) is 0. The highest BCUT2D eigenvalue weighted by molar-refractivity contribution is 9.11. The van der Waals surface area contributed by atoms with Crippen LogP contribution in [-0.2, 0) is 12.8 Å². The Kier molecular flexibility index (Phi) is 3.94. The third kappa shape index (κ3) is 2.96. The molecule has 0 unspecified atom stereocenters. The van der Waals surface area contributed by atoms with Gasteiger partial charge in [-0.2, -0.15) is 0 Å². The number of hydrogen-bond acceptors (Lipinski definition) is 1. The molecule has 3 rings (SSSR count). The summed E-state index contributed by atoms with van der Waals surface area (Å²) in [5.74, 6) is -0.0233. The summed E-state index contributed by atoms with van der Waals surface area (Å²) in [5.41, 5.74) is 3.35. The van der Waals surface area contributed by atoms with Crippen LogP contribution in [0.25, 0.3) is 0 Å². The van der Waals surface area contributed by atoms with Crippen LogP contribution >= 0.6 is 31.9 Å². The number of halogens is 2. The number of fused-ring (bicyclic) bond motifs is 1. The van der Waals surface area contributed by atoms with Crippen molar-refractivity contribution >= 4 is 37.8 Å². The third-order valence-electron chi connectivity index (χ3n) is 3.51. The summed E-state index contributed by atoms with van der Waals surface area (Å²) in [5, 5.41) is 3.12. The van der Waals surface area contributed by atoms with Crippen molar-refractivity contribution in [2.75, 3.05) is 0 Å². The highest BCUT2D eigenvalue weighted by Gasteiger charge is 2.22. The average molecular weight is 395 g/mol. The van der Waals surface area contributed by atoms with Crippen molar-refractivity contribution in [3.63, 3.8) is 0 Å².